The summed E-state index contributed by atoms with van der Waals surface area (Å²) in [6, 6.07) is 12.1. The Hall–Kier alpha value is -0.910. The first-order valence-electron chi connectivity index (χ1n) is 5.67. The van der Waals surface area contributed by atoms with E-state index in [-0.39, 0.29) is 11.9 Å². The zero-order chi connectivity index (χ0) is 13.8. The molecule has 0 aliphatic heterocycles. The van der Waals surface area contributed by atoms with Crippen LogP contribution in [0.1, 0.15) is 11.7 Å². The maximum atomic E-state index is 13.0. The molecule has 2 aromatic rings. The molecule has 0 aliphatic carbocycles. The maximum Gasteiger partial charge on any atom is 0.136 e. The van der Waals surface area contributed by atoms with Crippen LogP contribution < -0.4 is 10.5 Å². The minimum Gasteiger partial charge on any atom is -0.483 e. The van der Waals surface area contributed by atoms with Crippen molar-refractivity contribution < 1.29 is 9.13 Å². The van der Waals surface area contributed by atoms with Crippen LogP contribution >= 0.6 is 31.9 Å². The van der Waals surface area contributed by atoms with Crippen molar-refractivity contribution in [3.63, 3.8) is 0 Å². The Morgan fingerprint density at radius 2 is 1.79 bits per heavy atom. The third kappa shape index (κ3) is 3.78. The van der Waals surface area contributed by atoms with Gasteiger partial charge in [-0.15, -0.1) is 0 Å². The van der Waals surface area contributed by atoms with Gasteiger partial charge in [-0.2, -0.15) is 0 Å². The molecule has 0 amide bonds. The fraction of sp³-hybridized carbons (Fsp3) is 0.143. The Balaban J connectivity index is 2.21. The van der Waals surface area contributed by atoms with Gasteiger partial charge in [-0.05, 0) is 51.8 Å². The first-order chi connectivity index (χ1) is 9.10. The lowest BCUT2D eigenvalue weighted by molar-refractivity contribution is 0.212. The fourth-order valence-corrected chi connectivity index (χ4v) is 2.36. The van der Waals surface area contributed by atoms with E-state index in [1.165, 1.54) is 12.1 Å². The van der Waals surface area contributed by atoms with E-state index < -0.39 is 0 Å². The molecule has 0 radical (unpaired) electrons. The summed E-state index contributed by atoms with van der Waals surface area (Å²) < 4.78 is 20.4. The van der Waals surface area contributed by atoms with Crippen molar-refractivity contribution in [2.24, 2.45) is 5.73 Å². The minimum absolute atomic E-state index is 0.269. The third-order valence-corrected chi connectivity index (χ3v) is 3.77. The lowest BCUT2D eigenvalue weighted by atomic mass is 10.1. The summed E-state index contributed by atoms with van der Waals surface area (Å²) in [6.45, 7) is 0.339. The zero-order valence-corrected chi connectivity index (χ0v) is 13.1. The van der Waals surface area contributed by atoms with Crippen molar-refractivity contribution in [3.05, 3.63) is 62.8 Å². The Morgan fingerprint density at radius 3 is 2.37 bits per heavy atom. The van der Waals surface area contributed by atoms with Gasteiger partial charge in [0.05, 0.1) is 4.47 Å². The molecular formula is C14H12Br2FNO. The molecule has 1 atom stereocenters. The quantitative estimate of drug-likeness (QED) is 0.840. The Morgan fingerprint density at radius 1 is 1.11 bits per heavy atom. The predicted octanol–water partition coefficient (Wildman–Crippen LogP) is 4.43. The van der Waals surface area contributed by atoms with E-state index in [4.69, 9.17) is 10.5 Å². The summed E-state index contributed by atoms with van der Waals surface area (Å²) >= 11 is 6.66. The first-order valence-corrected chi connectivity index (χ1v) is 7.26. The lowest BCUT2D eigenvalue weighted by Crippen LogP contribution is -2.18. The molecule has 0 bridgehead atoms. The summed E-state index contributed by atoms with van der Waals surface area (Å²) in [5.74, 6) is 0.256. The highest BCUT2D eigenvalue weighted by molar-refractivity contribution is 9.10. The number of ether oxygens (including phenoxy) is 1. The molecule has 100 valence electrons. The number of benzene rings is 2. The number of halogens is 3. The van der Waals surface area contributed by atoms with Crippen LogP contribution in [0.5, 0.6) is 5.75 Å². The highest BCUT2D eigenvalue weighted by Gasteiger charge is 2.13. The van der Waals surface area contributed by atoms with Crippen LogP contribution in [0.25, 0.3) is 0 Å². The normalized spacial score (nSPS) is 12.2. The molecule has 0 aliphatic rings. The molecule has 0 fully saturated rings. The van der Waals surface area contributed by atoms with Crippen LogP contribution in [0.4, 0.5) is 4.39 Å². The Bertz CT molecular complexity index is 560. The molecule has 5 heteroatoms. The molecule has 0 saturated heterocycles. The number of hydrogen-bond donors (Lipinski definition) is 1. The summed E-state index contributed by atoms with van der Waals surface area (Å²) in [5, 5.41) is 0. The van der Waals surface area contributed by atoms with Crippen LogP contribution in [0.15, 0.2) is 51.4 Å². The monoisotopic (exact) mass is 387 g/mol. The summed E-state index contributed by atoms with van der Waals surface area (Å²) in [7, 11) is 0. The number of nitrogens with two attached hydrogens (primary N) is 1. The molecular weight excluding hydrogens is 377 g/mol. The lowest BCUT2D eigenvalue weighted by Gasteiger charge is -2.19. The van der Waals surface area contributed by atoms with E-state index in [2.05, 4.69) is 31.9 Å². The molecule has 2 rings (SSSR count). The van der Waals surface area contributed by atoms with Gasteiger partial charge in [0.25, 0.3) is 0 Å². The molecule has 0 saturated carbocycles. The van der Waals surface area contributed by atoms with Crippen LogP contribution in [-0.2, 0) is 0 Å². The molecule has 0 heterocycles. The van der Waals surface area contributed by atoms with Gasteiger partial charge in [-0.25, -0.2) is 4.39 Å². The second-order valence-corrected chi connectivity index (χ2v) is 5.74. The molecule has 2 nitrogen and oxygen atoms in total. The molecule has 1 unspecified atom stereocenters. The average Bonchev–Trinajstić information content (AvgIpc) is 2.39. The van der Waals surface area contributed by atoms with Crippen LogP contribution in [0.3, 0.4) is 0 Å². The molecule has 19 heavy (non-hydrogen) atoms. The summed E-state index contributed by atoms with van der Waals surface area (Å²) in [4.78, 5) is 0. The van der Waals surface area contributed by atoms with E-state index in [9.17, 15) is 4.39 Å². The van der Waals surface area contributed by atoms with E-state index >= 15 is 0 Å². The Labute approximate surface area is 128 Å². The van der Waals surface area contributed by atoms with E-state index in [0.717, 1.165) is 10.0 Å². The van der Waals surface area contributed by atoms with Gasteiger partial charge in [0.15, 0.2) is 0 Å². The minimum atomic E-state index is -0.313. The number of rotatable bonds is 4. The summed E-state index contributed by atoms with van der Waals surface area (Å²) in [5.41, 5.74) is 6.72. The van der Waals surface area contributed by atoms with Gasteiger partial charge in [0.2, 0.25) is 0 Å². The molecule has 0 aromatic heterocycles. The average molecular weight is 389 g/mol. The predicted molar refractivity (Wildman–Crippen MR) is 80.7 cm³/mol. The smallest absolute Gasteiger partial charge is 0.136 e. The van der Waals surface area contributed by atoms with Gasteiger partial charge >= 0.3 is 0 Å². The van der Waals surface area contributed by atoms with Gasteiger partial charge in [0, 0.05) is 11.0 Å². The highest BCUT2D eigenvalue weighted by Crippen LogP contribution is 2.30. The van der Waals surface area contributed by atoms with Crippen LogP contribution in [0.2, 0.25) is 0 Å². The standard InChI is InChI=1S/C14H12Br2FNO/c15-10-3-1-9(2-4-10)14(8-18)19-13-6-5-11(17)7-12(13)16/h1-7,14H,8,18H2. The topological polar surface area (TPSA) is 35.2 Å². The van der Waals surface area contributed by atoms with E-state index in [1.54, 1.807) is 6.07 Å². The second kappa shape index (κ2) is 6.50. The van der Waals surface area contributed by atoms with E-state index in [0.29, 0.717) is 16.8 Å². The third-order valence-electron chi connectivity index (χ3n) is 2.62. The molecule has 2 N–H and O–H groups in total. The van der Waals surface area contributed by atoms with Crippen LogP contribution in [0, 0.1) is 5.82 Å². The highest BCUT2D eigenvalue weighted by atomic mass is 79.9. The van der Waals surface area contributed by atoms with Crippen molar-refractivity contribution in [2.45, 2.75) is 6.10 Å². The van der Waals surface area contributed by atoms with E-state index in [1.807, 2.05) is 24.3 Å². The molecule has 0 spiro atoms. The van der Waals surface area contributed by atoms with Gasteiger partial charge in [-0.1, -0.05) is 28.1 Å². The maximum absolute atomic E-state index is 13.0. The van der Waals surface area contributed by atoms with Crippen molar-refractivity contribution >= 4 is 31.9 Å². The van der Waals surface area contributed by atoms with Gasteiger partial charge < -0.3 is 10.5 Å². The van der Waals surface area contributed by atoms with Crippen molar-refractivity contribution in [1.82, 2.24) is 0 Å². The summed E-state index contributed by atoms with van der Waals surface area (Å²) in [6.07, 6.45) is -0.269. The van der Waals surface area contributed by atoms with Gasteiger partial charge in [-0.3, -0.25) is 0 Å². The number of hydrogen-bond acceptors (Lipinski definition) is 2. The Kier molecular flexibility index (Phi) is 4.96. The zero-order valence-electron chi connectivity index (χ0n) is 9.95. The van der Waals surface area contributed by atoms with Crippen molar-refractivity contribution in [1.29, 1.82) is 0 Å². The SMILES string of the molecule is NCC(Oc1ccc(F)cc1Br)c1ccc(Br)cc1. The van der Waals surface area contributed by atoms with Crippen molar-refractivity contribution in [2.75, 3.05) is 6.54 Å². The van der Waals surface area contributed by atoms with Crippen molar-refractivity contribution in [3.8, 4) is 5.75 Å². The second-order valence-electron chi connectivity index (χ2n) is 3.97. The molecule has 2 aromatic carbocycles. The van der Waals surface area contributed by atoms with Crippen LogP contribution in [-0.4, -0.2) is 6.54 Å². The van der Waals surface area contributed by atoms with Gasteiger partial charge in [0.1, 0.15) is 17.7 Å². The first kappa shape index (κ1) is 14.5. The largest absolute Gasteiger partial charge is 0.483 e. The fourth-order valence-electron chi connectivity index (χ4n) is 1.65.